The summed E-state index contributed by atoms with van der Waals surface area (Å²) in [6, 6.07) is 4.85. The van der Waals surface area contributed by atoms with E-state index in [4.69, 9.17) is 0 Å². The van der Waals surface area contributed by atoms with Crippen LogP contribution in [0.3, 0.4) is 0 Å². The van der Waals surface area contributed by atoms with Crippen molar-refractivity contribution in [2.45, 2.75) is 78.2 Å². The number of nitrogens with zero attached hydrogens (tertiary/aromatic N) is 4. The summed E-state index contributed by atoms with van der Waals surface area (Å²) < 4.78 is 0. The molecule has 0 aromatic rings. The zero-order valence-corrected chi connectivity index (χ0v) is 19.8. The number of allylic oxidation sites excluding steroid dienone is 1. The molecule has 2 aliphatic rings. The Hall–Kier alpha value is -1.40. The SMILES string of the molecule is CCCCCC(CNC1(C#N)CC1)CN1CCN(C/C(C)=C\CC(C)(C)C#N)CC1. The first kappa shape index (κ1) is 24.9. The van der Waals surface area contributed by atoms with Crippen molar-refractivity contribution >= 4 is 0 Å². The number of nitrogens with one attached hydrogen (secondary N) is 1. The van der Waals surface area contributed by atoms with Gasteiger partial charge in [0.1, 0.15) is 5.54 Å². The molecule has 0 radical (unpaired) electrons. The van der Waals surface area contributed by atoms with Gasteiger partial charge in [0.25, 0.3) is 0 Å². The lowest BCUT2D eigenvalue weighted by molar-refractivity contribution is 0.121. The van der Waals surface area contributed by atoms with Gasteiger partial charge in [0, 0.05) is 45.8 Å². The molecule has 30 heavy (non-hydrogen) atoms. The standard InChI is InChI=1S/C25H43N5/c1-5-6-7-8-23(17-28-25(21-27)11-12-25)19-30-15-13-29(14-16-30)18-22(2)9-10-24(3,4)20-26/h9,23,28H,5-8,10-19H2,1-4H3/b22-9-. The van der Waals surface area contributed by atoms with Crippen molar-refractivity contribution in [2.75, 3.05) is 45.8 Å². The summed E-state index contributed by atoms with van der Waals surface area (Å²) in [7, 11) is 0. The molecule has 1 aliphatic carbocycles. The first-order chi connectivity index (χ1) is 14.3. The van der Waals surface area contributed by atoms with Crippen LogP contribution in [0.1, 0.15) is 72.6 Å². The molecule has 5 nitrogen and oxygen atoms in total. The lowest BCUT2D eigenvalue weighted by atomic mass is 9.90. The molecule has 1 atom stereocenters. The monoisotopic (exact) mass is 413 g/mol. The number of rotatable bonds is 13. The Balaban J connectivity index is 1.75. The van der Waals surface area contributed by atoms with Crippen molar-refractivity contribution in [3.63, 3.8) is 0 Å². The van der Waals surface area contributed by atoms with E-state index in [9.17, 15) is 10.5 Å². The van der Waals surface area contributed by atoms with Gasteiger partial charge < -0.3 is 4.90 Å². The van der Waals surface area contributed by atoms with Gasteiger partial charge in [-0.1, -0.05) is 37.8 Å². The van der Waals surface area contributed by atoms with E-state index in [2.05, 4.69) is 47.2 Å². The van der Waals surface area contributed by atoms with Crippen LogP contribution in [0.25, 0.3) is 0 Å². The van der Waals surface area contributed by atoms with Crippen molar-refractivity contribution in [3.8, 4) is 12.1 Å². The number of piperazine rings is 1. The van der Waals surface area contributed by atoms with Crippen molar-refractivity contribution in [1.29, 1.82) is 10.5 Å². The highest BCUT2D eigenvalue weighted by Gasteiger charge is 2.43. The van der Waals surface area contributed by atoms with Crippen LogP contribution in [0, 0.1) is 34.0 Å². The fourth-order valence-corrected chi connectivity index (χ4v) is 4.12. The molecular formula is C25H43N5. The molecule has 1 saturated heterocycles. The van der Waals surface area contributed by atoms with Crippen LogP contribution in [-0.4, -0.2) is 61.2 Å². The maximum absolute atomic E-state index is 9.35. The van der Waals surface area contributed by atoms with Crippen molar-refractivity contribution in [1.82, 2.24) is 15.1 Å². The fourth-order valence-electron chi connectivity index (χ4n) is 4.12. The van der Waals surface area contributed by atoms with Crippen LogP contribution in [0.4, 0.5) is 0 Å². The minimum atomic E-state index is -0.272. The summed E-state index contributed by atoms with van der Waals surface area (Å²) in [4.78, 5) is 5.17. The Bertz CT molecular complexity index is 627. The van der Waals surface area contributed by atoms with E-state index in [1.807, 2.05) is 13.8 Å². The highest BCUT2D eigenvalue weighted by Crippen LogP contribution is 2.34. The van der Waals surface area contributed by atoms with Crippen LogP contribution < -0.4 is 5.32 Å². The van der Waals surface area contributed by atoms with E-state index >= 15 is 0 Å². The molecule has 1 unspecified atom stereocenters. The quantitative estimate of drug-likeness (QED) is 0.359. The number of hydrogen-bond donors (Lipinski definition) is 1. The largest absolute Gasteiger partial charge is 0.300 e. The Morgan fingerprint density at radius 2 is 1.80 bits per heavy atom. The molecule has 0 amide bonds. The number of unbranched alkanes of at least 4 members (excludes halogenated alkanes) is 2. The lowest BCUT2D eigenvalue weighted by Gasteiger charge is -2.37. The van der Waals surface area contributed by atoms with Crippen LogP contribution in [-0.2, 0) is 0 Å². The first-order valence-corrected chi connectivity index (χ1v) is 12.0. The molecule has 2 rings (SSSR count). The molecule has 1 aliphatic heterocycles. The molecular weight excluding hydrogens is 370 g/mol. The van der Waals surface area contributed by atoms with Gasteiger partial charge in [0.2, 0.25) is 0 Å². The van der Waals surface area contributed by atoms with E-state index in [0.29, 0.717) is 5.92 Å². The summed E-state index contributed by atoms with van der Waals surface area (Å²) in [6.07, 6.45) is 10.2. The van der Waals surface area contributed by atoms with Crippen molar-refractivity contribution in [3.05, 3.63) is 11.6 Å². The van der Waals surface area contributed by atoms with Crippen LogP contribution >= 0.6 is 0 Å². The number of hydrogen-bond acceptors (Lipinski definition) is 5. The van der Waals surface area contributed by atoms with Gasteiger partial charge in [0.05, 0.1) is 17.6 Å². The molecule has 0 aromatic heterocycles. The maximum Gasteiger partial charge on any atom is 0.106 e. The zero-order chi connectivity index (χ0) is 22.0. The molecule has 0 aromatic carbocycles. The smallest absolute Gasteiger partial charge is 0.106 e. The second-order valence-electron chi connectivity index (χ2n) is 10.3. The fraction of sp³-hybridized carbons (Fsp3) is 0.840. The average molecular weight is 414 g/mol. The van der Waals surface area contributed by atoms with Crippen LogP contribution in [0.5, 0.6) is 0 Å². The molecule has 1 saturated carbocycles. The second-order valence-corrected chi connectivity index (χ2v) is 10.3. The molecule has 168 valence electrons. The second kappa shape index (κ2) is 11.8. The van der Waals surface area contributed by atoms with Gasteiger partial charge in [-0.25, -0.2) is 0 Å². The third-order valence-corrected chi connectivity index (χ3v) is 6.63. The van der Waals surface area contributed by atoms with E-state index in [-0.39, 0.29) is 11.0 Å². The Kier molecular flexibility index (Phi) is 9.82. The Morgan fingerprint density at radius 3 is 2.37 bits per heavy atom. The maximum atomic E-state index is 9.35. The van der Waals surface area contributed by atoms with Crippen LogP contribution in [0.15, 0.2) is 11.6 Å². The third-order valence-electron chi connectivity index (χ3n) is 6.63. The minimum Gasteiger partial charge on any atom is -0.300 e. The van der Waals surface area contributed by atoms with Gasteiger partial charge in [-0.05, 0) is 52.4 Å². The zero-order valence-electron chi connectivity index (χ0n) is 19.8. The predicted molar refractivity (Wildman–Crippen MR) is 124 cm³/mol. The highest BCUT2D eigenvalue weighted by molar-refractivity contribution is 5.18. The predicted octanol–water partition coefficient (Wildman–Crippen LogP) is 4.33. The topological polar surface area (TPSA) is 66.1 Å². The molecule has 0 spiro atoms. The van der Waals surface area contributed by atoms with Crippen molar-refractivity contribution in [2.24, 2.45) is 11.3 Å². The van der Waals surface area contributed by atoms with Crippen LogP contribution in [0.2, 0.25) is 0 Å². The Labute approximate surface area is 185 Å². The minimum absolute atomic E-state index is 0.203. The van der Waals surface area contributed by atoms with Gasteiger partial charge >= 0.3 is 0 Å². The molecule has 0 bridgehead atoms. The van der Waals surface area contributed by atoms with E-state index in [0.717, 1.165) is 65.1 Å². The summed E-state index contributed by atoms with van der Waals surface area (Å²) in [5.74, 6) is 0.642. The summed E-state index contributed by atoms with van der Waals surface area (Å²) in [6.45, 7) is 16.1. The van der Waals surface area contributed by atoms with Gasteiger partial charge in [-0.3, -0.25) is 10.2 Å². The molecule has 2 fully saturated rings. The van der Waals surface area contributed by atoms with Gasteiger partial charge in [-0.15, -0.1) is 0 Å². The summed E-state index contributed by atoms with van der Waals surface area (Å²) in [5.41, 5.74) is 0.900. The van der Waals surface area contributed by atoms with E-state index in [1.165, 1.54) is 31.3 Å². The van der Waals surface area contributed by atoms with Gasteiger partial charge in [0.15, 0.2) is 0 Å². The first-order valence-electron chi connectivity index (χ1n) is 12.0. The number of nitriles is 2. The molecule has 1 heterocycles. The van der Waals surface area contributed by atoms with E-state index in [1.54, 1.807) is 0 Å². The van der Waals surface area contributed by atoms with Gasteiger partial charge in [-0.2, -0.15) is 10.5 Å². The third kappa shape index (κ3) is 8.76. The van der Waals surface area contributed by atoms with E-state index < -0.39 is 0 Å². The van der Waals surface area contributed by atoms with Crippen molar-refractivity contribution < 1.29 is 0 Å². The normalized spacial score (nSPS) is 21.1. The molecule has 5 heteroatoms. The molecule has 1 N–H and O–H groups in total. The average Bonchev–Trinajstić information content (AvgIpc) is 3.52. The lowest BCUT2D eigenvalue weighted by Crippen LogP contribution is -2.49. The summed E-state index contributed by atoms with van der Waals surface area (Å²) >= 11 is 0. The summed E-state index contributed by atoms with van der Waals surface area (Å²) in [5, 5.41) is 22.1. The highest BCUT2D eigenvalue weighted by atomic mass is 15.3. The Morgan fingerprint density at radius 1 is 1.13 bits per heavy atom.